The second-order valence-electron chi connectivity index (χ2n) is 12.3. The van der Waals surface area contributed by atoms with E-state index in [9.17, 15) is 9.59 Å². The highest BCUT2D eigenvalue weighted by molar-refractivity contribution is 5.83. The smallest absolute Gasteiger partial charge is 0.303 e. The predicted octanol–water partition coefficient (Wildman–Crippen LogP) is 12.9. The van der Waals surface area contributed by atoms with E-state index in [-0.39, 0.29) is 5.41 Å². The van der Waals surface area contributed by atoms with Gasteiger partial charge in [0.15, 0.2) is 0 Å². The van der Waals surface area contributed by atoms with E-state index in [0.717, 1.165) is 77.0 Å². The van der Waals surface area contributed by atoms with Crippen LogP contribution in [-0.4, -0.2) is 16.9 Å². The maximum Gasteiger partial charge on any atom is 0.303 e. The number of hydrogen-bond acceptors (Lipinski definition) is 2. The van der Waals surface area contributed by atoms with E-state index in [0.29, 0.717) is 12.2 Å². The fourth-order valence-corrected chi connectivity index (χ4v) is 4.17. The third-order valence-electron chi connectivity index (χ3n) is 6.93. The first-order valence-electron chi connectivity index (χ1n) is 17.4. The molecular weight excluding hydrogens is 528 g/mol. The van der Waals surface area contributed by atoms with Crippen LogP contribution in [0, 0.1) is 5.41 Å². The van der Waals surface area contributed by atoms with Crippen LogP contribution < -0.4 is 0 Å². The van der Waals surface area contributed by atoms with Gasteiger partial charge in [-0.25, -0.2) is 0 Å². The lowest BCUT2D eigenvalue weighted by atomic mass is 9.88. The molecule has 246 valence electrons. The van der Waals surface area contributed by atoms with Gasteiger partial charge in [0.2, 0.25) is 0 Å². The minimum atomic E-state index is -0.675. The van der Waals surface area contributed by atoms with Gasteiger partial charge in [-0.1, -0.05) is 146 Å². The van der Waals surface area contributed by atoms with E-state index in [1.165, 1.54) is 44.9 Å². The van der Waals surface area contributed by atoms with Crippen LogP contribution in [0.3, 0.4) is 0 Å². The van der Waals surface area contributed by atoms with Crippen LogP contribution in [0.25, 0.3) is 0 Å². The molecule has 0 aromatic rings. The van der Waals surface area contributed by atoms with Crippen molar-refractivity contribution in [2.75, 3.05) is 0 Å². The Kier molecular flexibility index (Phi) is 33.8. The molecule has 3 heteroatoms. The maximum absolute atomic E-state index is 11.8. The number of Topliss-reactive ketones (excluding diaryl/α,β-unsaturated/α-hetero) is 1. The molecule has 0 amide bonds. The average Bonchev–Trinajstić information content (AvgIpc) is 2.96. The number of carboxylic acids is 1. The first-order valence-corrected chi connectivity index (χ1v) is 17.4. The predicted molar refractivity (Wildman–Crippen MR) is 191 cm³/mol. The van der Waals surface area contributed by atoms with Gasteiger partial charge in [-0.05, 0) is 77.0 Å². The summed E-state index contributed by atoms with van der Waals surface area (Å²) in [6.07, 6.45) is 48.1. The fourth-order valence-electron chi connectivity index (χ4n) is 4.17. The summed E-state index contributed by atoms with van der Waals surface area (Å²) >= 11 is 0. The summed E-state index contributed by atoms with van der Waals surface area (Å²) in [6, 6.07) is 0. The number of ketones is 1. The van der Waals surface area contributed by atoms with Crippen molar-refractivity contribution in [3.05, 3.63) is 72.9 Å². The molecule has 0 aliphatic heterocycles. The molecule has 0 saturated heterocycles. The number of allylic oxidation sites excluding steroid dienone is 12. The van der Waals surface area contributed by atoms with E-state index < -0.39 is 5.97 Å². The van der Waals surface area contributed by atoms with Crippen LogP contribution in [0.1, 0.15) is 163 Å². The molecule has 0 bridgehead atoms. The van der Waals surface area contributed by atoms with Crippen LogP contribution >= 0.6 is 0 Å². The number of carbonyl (C=O) groups excluding carboxylic acids is 1. The molecule has 43 heavy (non-hydrogen) atoms. The number of hydrogen-bond donors (Lipinski definition) is 1. The number of carboxylic acid groups (broad SMARTS) is 1. The summed E-state index contributed by atoms with van der Waals surface area (Å²) in [7, 11) is 0. The Morgan fingerprint density at radius 2 is 0.791 bits per heavy atom. The van der Waals surface area contributed by atoms with Crippen molar-refractivity contribution < 1.29 is 14.7 Å². The first kappa shape index (κ1) is 42.7. The molecule has 0 rings (SSSR count). The summed E-state index contributed by atoms with van der Waals surface area (Å²) in [5, 5.41) is 8.50. The molecule has 0 aromatic carbocycles. The summed E-state index contributed by atoms with van der Waals surface area (Å²) < 4.78 is 0. The van der Waals surface area contributed by atoms with Gasteiger partial charge in [0.1, 0.15) is 5.78 Å². The van der Waals surface area contributed by atoms with Crippen LogP contribution in [0.2, 0.25) is 0 Å². The number of rotatable bonds is 26. The molecule has 0 heterocycles. The minimum Gasteiger partial charge on any atom is -0.481 e. The van der Waals surface area contributed by atoms with Gasteiger partial charge in [0.25, 0.3) is 0 Å². The first-order chi connectivity index (χ1) is 20.8. The van der Waals surface area contributed by atoms with Gasteiger partial charge in [0, 0.05) is 18.3 Å². The highest BCUT2D eigenvalue weighted by Gasteiger charge is 2.19. The molecule has 0 unspecified atom stereocenters. The second kappa shape index (κ2) is 34.1. The normalized spacial score (nSPS) is 12.5. The largest absolute Gasteiger partial charge is 0.481 e. The summed E-state index contributed by atoms with van der Waals surface area (Å²) in [4.78, 5) is 22.1. The number of unbranched alkanes of at least 4 members (excludes halogenated alkanes) is 10. The Morgan fingerprint density at radius 1 is 0.465 bits per heavy atom. The van der Waals surface area contributed by atoms with Gasteiger partial charge < -0.3 is 5.11 Å². The van der Waals surface area contributed by atoms with Crippen LogP contribution in [0.4, 0.5) is 0 Å². The Hall–Kier alpha value is -2.42. The van der Waals surface area contributed by atoms with Crippen molar-refractivity contribution in [1.29, 1.82) is 0 Å². The van der Waals surface area contributed by atoms with Gasteiger partial charge in [-0.15, -0.1) is 0 Å². The lowest BCUT2D eigenvalue weighted by molar-refractivity contribution is -0.137. The van der Waals surface area contributed by atoms with E-state index >= 15 is 0 Å². The lowest BCUT2D eigenvalue weighted by Gasteiger charge is -2.16. The molecule has 0 fully saturated rings. The third kappa shape index (κ3) is 39.6. The van der Waals surface area contributed by atoms with Gasteiger partial charge in [-0.2, -0.15) is 0 Å². The van der Waals surface area contributed by atoms with Gasteiger partial charge in [0.05, 0.1) is 0 Å². The van der Waals surface area contributed by atoms with E-state index in [1.807, 2.05) is 20.8 Å². The molecule has 0 aliphatic carbocycles. The monoisotopic (exact) mass is 597 g/mol. The van der Waals surface area contributed by atoms with Crippen molar-refractivity contribution in [1.82, 2.24) is 0 Å². The topological polar surface area (TPSA) is 54.4 Å². The maximum atomic E-state index is 11.8. The number of aliphatic carboxylic acids is 1. The summed E-state index contributed by atoms with van der Waals surface area (Å²) in [5.41, 5.74) is -0.161. The third-order valence-corrected chi connectivity index (χ3v) is 6.93. The Morgan fingerprint density at radius 3 is 1.16 bits per heavy atom. The van der Waals surface area contributed by atoms with Crippen LogP contribution in [0.5, 0.6) is 0 Å². The molecule has 0 aliphatic rings. The average molecular weight is 597 g/mol. The Balaban J connectivity index is 0. The SMILES string of the molecule is CC/C=C\C/C=C\C/C=C\CCCCCCCC(=O)C(C)(C)C.CC/C=C\C/C=C\C/C=C\CCCCCCCC(=O)O. The molecule has 0 spiro atoms. The molecule has 1 N–H and O–H groups in total. The molecule has 0 atom stereocenters. The Labute approximate surface area is 267 Å². The zero-order valence-electron chi connectivity index (χ0n) is 28.8. The fraction of sp³-hybridized carbons (Fsp3) is 0.650. The highest BCUT2D eigenvalue weighted by atomic mass is 16.4. The minimum absolute atomic E-state index is 0.161. The molecule has 0 radical (unpaired) electrons. The molecule has 3 nitrogen and oxygen atoms in total. The van der Waals surface area contributed by atoms with Crippen LogP contribution in [-0.2, 0) is 9.59 Å². The van der Waals surface area contributed by atoms with Gasteiger partial charge >= 0.3 is 5.97 Å². The molecule has 0 saturated carbocycles. The zero-order valence-corrected chi connectivity index (χ0v) is 28.8. The molecule has 0 aromatic heterocycles. The van der Waals surface area contributed by atoms with Crippen LogP contribution in [0.15, 0.2) is 72.9 Å². The Bertz CT molecular complexity index is 802. The quantitative estimate of drug-likeness (QED) is 0.0798. The van der Waals surface area contributed by atoms with Gasteiger partial charge in [-0.3, -0.25) is 9.59 Å². The number of carbonyl (C=O) groups is 2. The second-order valence-corrected chi connectivity index (χ2v) is 12.3. The van der Waals surface area contributed by atoms with E-state index in [2.05, 4.69) is 86.8 Å². The summed E-state index contributed by atoms with van der Waals surface area (Å²) in [5.74, 6) is -0.273. The molecular formula is C40H68O3. The zero-order chi connectivity index (χ0) is 32.3. The van der Waals surface area contributed by atoms with Crippen molar-refractivity contribution in [3.63, 3.8) is 0 Å². The standard InChI is InChI=1S/C22H38O.C18H30O2/c1-5-6-7-8-9-10-11-12-13-14-15-16-17-18-19-20-21(23)22(2,3)4;1-2-3-4-5-6-7-8-9-10-11-12-13-14-15-16-17-18(19)20/h6-7,9-10,12-13H,5,8,11,14-20H2,1-4H3;3-4,6-7,9-10H,2,5,8,11-17H2,1H3,(H,19,20)/b7-6-,10-9-,13-12-;4-3-,7-6-,10-9-. The lowest BCUT2D eigenvalue weighted by Crippen LogP contribution is -2.19. The van der Waals surface area contributed by atoms with Crippen molar-refractivity contribution in [2.24, 2.45) is 5.41 Å². The summed E-state index contributed by atoms with van der Waals surface area (Å²) in [6.45, 7) is 10.3. The van der Waals surface area contributed by atoms with Crippen molar-refractivity contribution in [3.8, 4) is 0 Å². The highest BCUT2D eigenvalue weighted by Crippen LogP contribution is 2.19. The van der Waals surface area contributed by atoms with Crippen molar-refractivity contribution >= 4 is 11.8 Å². The van der Waals surface area contributed by atoms with E-state index in [4.69, 9.17) is 5.11 Å². The van der Waals surface area contributed by atoms with E-state index in [1.54, 1.807) is 0 Å². The van der Waals surface area contributed by atoms with Crippen molar-refractivity contribution in [2.45, 2.75) is 163 Å².